The van der Waals surface area contributed by atoms with Crippen LogP contribution in [-0.2, 0) is 12.8 Å². The minimum atomic E-state index is 0. The lowest BCUT2D eigenvalue weighted by molar-refractivity contribution is -0.899. The van der Waals surface area contributed by atoms with Gasteiger partial charge in [-0.15, -0.1) is 0 Å². The molecule has 2 atom stereocenters. The largest absolute Gasteiger partial charge is 1.00 e. The minimum Gasteiger partial charge on any atom is -1.00 e. The highest BCUT2D eigenvalue weighted by Crippen LogP contribution is 2.22. The molecule has 1 aliphatic rings. The first kappa shape index (κ1) is 26.4. The zero-order valence-corrected chi connectivity index (χ0v) is 22.2. The molecule has 1 aliphatic heterocycles. The fraction of sp³-hybridized carbons (Fsp3) is 0.333. The number of benzene rings is 3. The first-order valence-electron chi connectivity index (χ1n) is 12.7. The summed E-state index contributed by atoms with van der Waals surface area (Å²) in [4.78, 5) is 15.1. The Hall–Kier alpha value is -2.66. The molecule has 6 heteroatoms. The maximum absolute atomic E-state index is 13.5. The van der Waals surface area contributed by atoms with E-state index in [2.05, 4.69) is 31.2 Å². The molecule has 0 spiro atoms. The van der Waals surface area contributed by atoms with Crippen molar-refractivity contribution < 1.29 is 17.3 Å². The van der Waals surface area contributed by atoms with Gasteiger partial charge in [-0.25, -0.2) is 4.68 Å². The molecule has 3 aromatic carbocycles. The molecule has 4 nitrogen and oxygen atoms in total. The predicted molar refractivity (Wildman–Crippen MR) is 144 cm³/mol. The van der Waals surface area contributed by atoms with E-state index >= 15 is 0 Å². The molecule has 0 bridgehead atoms. The van der Waals surface area contributed by atoms with Gasteiger partial charge in [0.15, 0.2) is 0 Å². The summed E-state index contributed by atoms with van der Waals surface area (Å²) in [5.41, 5.74) is 4.85. The molecule has 1 saturated heterocycles. The van der Waals surface area contributed by atoms with Crippen molar-refractivity contribution in [3.63, 3.8) is 0 Å². The highest BCUT2D eigenvalue weighted by molar-refractivity contribution is 6.30. The van der Waals surface area contributed by atoms with Crippen LogP contribution in [0.15, 0.2) is 77.6 Å². The summed E-state index contributed by atoms with van der Waals surface area (Å²) in [6.45, 7) is 5.50. The van der Waals surface area contributed by atoms with Crippen LogP contribution in [0.5, 0.6) is 0 Å². The Labute approximate surface area is 224 Å². The Morgan fingerprint density at radius 1 is 0.917 bits per heavy atom. The standard InChI is InChI=1S/C30H32ClN3O.ClH/c1-22-8-10-23(11-9-22)16-19-33-18-4-5-26(17-20-33)34-30(35)28-7-3-2-6-27(28)29(32-34)21-24-12-14-25(31)15-13-24;/h2-3,6-15,26H,4-5,16-21H2,1H3;1H. The fourth-order valence-corrected chi connectivity index (χ4v) is 5.37. The van der Waals surface area contributed by atoms with Crippen LogP contribution >= 0.6 is 11.6 Å². The van der Waals surface area contributed by atoms with Crippen LogP contribution in [0.2, 0.25) is 5.02 Å². The van der Waals surface area contributed by atoms with Crippen LogP contribution in [0.25, 0.3) is 10.8 Å². The number of hydrogen-bond donors (Lipinski definition) is 1. The van der Waals surface area contributed by atoms with E-state index < -0.39 is 0 Å². The normalized spacial score (nSPS) is 17.9. The third kappa shape index (κ3) is 6.18. The van der Waals surface area contributed by atoms with Crippen molar-refractivity contribution in [2.24, 2.45) is 0 Å². The van der Waals surface area contributed by atoms with Gasteiger partial charge < -0.3 is 17.3 Å². The van der Waals surface area contributed by atoms with Crippen LogP contribution in [0.1, 0.15) is 47.7 Å². The molecule has 0 amide bonds. The summed E-state index contributed by atoms with van der Waals surface area (Å²) in [6.07, 6.45) is 4.87. The van der Waals surface area contributed by atoms with E-state index in [4.69, 9.17) is 16.7 Å². The fourth-order valence-electron chi connectivity index (χ4n) is 5.25. The van der Waals surface area contributed by atoms with Crippen LogP contribution in [-0.4, -0.2) is 29.4 Å². The summed E-state index contributed by atoms with van der Waals surface area (Å²) in [6, 6.07) is 24.8. The van der Waals surface area contributed by atoms with Crippen LogP contribution < -0.4 is 22.9 Å². The topological polar surface area (TPSA) is 39.3 Å². The number of nitrogens with one attached hydrogen (secondary N) is 1. The van der Waals surface area contributed by atoms with Gasteiger partial charge in [0.2, 0.25) is 0 Å². The van der Waals surface area contributed by atoms with Gasteiger partial charge in [-0.2, -0.15) is 5.10 Å². The van der Waals surface area contributed by atoms with Gasteiger partial charge in [-0.1, -0.05) is 71.8 Å². The number of fused-ring (bicyclic) bond motifs is 1. The molecule has 1 fully saturated rings. The third-order valence-electron chi connectivity index (χ3n) is 7.32. The van der Waals surface area contributed by atoms with Gasteiger partial charge >= 0.3 is 0 Å². The zero-order chi connectivity index (χ0) is 24.2. The molecule has 2 heterocycles. The molecular formula is C30H33Cl2N3O. The second-order valence-corrected chi connectivity index (χ2v) is 10.3. The number of hydrogen-bond acceptors (Lipinski definition) is 2. The lowest BCUT2D eigenvalue weighted by atomic mass is 10.0. The number of quaternary nitrogens is 1. The van der Waals surface area contributed by atoms with Crippen LogP contribution in [0.3, 0.4) is 0 Å². The molecule has 5 rings (SSSR count). The van der Waals surface area contributed by atoms with Crippen molar-refractivity contribution in [3.8, 4) is 0 Å². The van der Waals surface area contributed by atoms with Crippen LogP contribution in [0.4, 0.5) is 0 Å². The van der Waals surface area contributed by atoms with E-state index in [9.17, 15) is 4.79 Å². The molecule has 36 heavy (non-hydrogen) atoms. The Balaban J connectivity index is 0.00000304. The minimum absolute atomic E-state index is 0. The molecule has 2 unspecified atom stereocenters. The number of aryl methyl sites for hydroxylation is 1. The average molecular weight is 523 g/mol. The maximum Gasteiger partial charge on any atom is 0.274 e. The number of nitrogens with zero attached hydrogens (tertiary/aromatic N) is 2. The summed E-state index contributed by atoms with van der Waals surface area (Å²) >= 11 is 6.08. The first-order valence-corrected chi connectivity index (χ1v) is 13.1. The Kier molecular flexibility index (Phi) is 8.84. The van der Waals surface area contributed by atoms with E-state index in [1.54, 1.807) is 9.58 Å². The summed E-state index contributed by atoms with van der Waals surface area (Å²) in [7, 11) is 0. The molecule has 1 N–H and O–H groups in total. The Morgan fingerprint density at radius 2 is 1.61 bits per heavy atom. The predicted octanol–water partition coefficient (Wildman–Crippen LogP) is 1.81. The second kappa shape index (κ2) is 12.1. The Morgan fingerprint density at radius 3 is 2.36 bits per heavy atom. The van der Waals surface area contributed by atoms with Crippen molar-refractivity contribution in [3.05, 3.63) is 111 Å². The molecule has 0 radical (unpaired) electrons. The number of aromatic nitrogens is 2. The van der Waals surface area contributed by atoms with Gasteiger partial charge in [0.05, 0.1) is 36.8 Å². The molecule has 0 saturated carbocycles. The first-order chi connectivity index (χ1) is 17.1. The van der Waals surface area contributed by atoms with Gasteiger partial charge in [0.1, 0.15) is 0 Å². The number of likely N-dealkylation sites (tertiary alicyclic amines) is 1. The van der Waals surface area contributed by atoms with E-state index in [0.717, 1.165) is 72.4 Å². The Bertz CT molecular complexity index is 1350. The highest BCUT2D eigenvalue weighted by Gasteiger charge is 2.24. The number of rotatable bonds is 6. The zero-order valence-electron chi connectivity index (χ0n) is 20.7. The highest BCUT2D eigenvalue weighted by atomic mass is 35.5. The maximum atomic E-state index is 13.5. The van der Waals surface area contributed by atoms with Crippen LogP contribution in [0, 0.1) is 6.92 Å². The monoisotopic (exact) mass is 521 g/mol. The lowest BCUT2D eigenvalue weighted by Crippen LogP contribution is -3.12. The van der Waals surface area contributed by atoms with Crippen molar-refractivity contribution in [1.29, 1.82) is 0 Å². The quantitative estimate of drug-likeness (QED) is 0.420. The summed E-state index contributed by atoms with van der Waals surface area (Å²) in [5, 5.41) is 7.41. The third-order valence-corrected chi connectivity index (χ3v) is 7.57. The van der Waals surface area contributed by atoms with E-state index in [1.165, 1.54) is 11.1 Å². The molecule has 1 aromatic heterocycles. The van der Waals surface area contributed by atoms with Gasteiger partial charge in [0, 0.05) is 29.7 Å². The molecule has 4 aromatic rings. The summed E-state index contributed by atoms with van der Waals surface area (Å²) < 4.78 is 1.80. The number of halogens is 2. The van der Waals surface area contributed by atoms with Crippen molar-refractivity contribution in [1.82, 2.24) is 9.78 Å². The molecule has 0 aliphatic carbocycles. The van der Waals surface area contributed by atoms with Gasteiger partial charge in [-0.3, -0.25) is 4.79 Å². The second-order valence-electron chi connectivity index (χ2n) is 9.87. The average Bonchev–Trinajstić information content (AvgIpc) is 3.12. The van der Waals surface area contributed by atoms with Gasteiger partial charge in [-0.05, 0) is 49.1 Å². The van der Waals surface area contributed by atoms with Gasteiger partial charge in [0.25, 0.3) is 5.56 Å². The summed E-state index contributed by atoms with van der Waals surface area (Å²) in [5.74, 6) is 0. The lowest BCUT2D eigenvalue weighted by Gasteiger charge is -2.19. The molecule has 188 valence electrons. The van der Waals surface area contributed by atoms with E-state index in [1.807, 2.05) is 48.5 Å². The smallest absolute Gasteiger partial charge is 0.274 e. The van der Waals surface area contributed by atoms with E-state index in [-0.39, 0.29) is 24.0 Å². The van der Waals surface area contributed by atoms with Crippen molar-refractivity contribution in [2.45, 2.75) is 45.1 Å². The van der Waals surface area contributed by atoms with Crippen molar-refractivity contribution >= 4 is 22.4 Å². The van der Waals surface area contributed by atoms with Crippen molar-refractivity contribution in [2.75, 3.05) is 19.6 Å². The SMILES string of the molecule is Cc1ccc(CC[NH+]2CCCC(n3nc(Cc4ccc(Cl)cc4)c4ccccc4c3=O)CC2)cc1.[Cl-]. The van der Waals surface area contributed by atoms with E-state index in [0.29, 0.717) is 6.42 Å². The molecular weight excluding hydrogens is 489 g/mol.